The summed E-state index contributed by atoms with van der Waals surface area (Å²) in [6, 6.07) is 0. The van der Waals surface area contributed by atoms with Gasteiger partial charge in [-0.1, -0.05) is 12.8 Å². The highest BCUT2D eigenvalue weighted by atomic mass is 32.2. The van der Waals surface area contributed by atoms with E-state index in [1.54, 1.807) is 0 Å². The normalized spacial score (nSPS) is 23.2. The summed E-state index contributed by atoms with van der Waals surface area (Å²) in [6.45, 7) is 0. The highest BCUT2D eigenvalue weighted by Crippen LogP contribution is 2.31. The first-order valence-electron chi connectivity index (χ1n) is 5.80. The lowest BCUT2D eigenvalue weighted by atomic mass is 10.1. The van der Waals surface area contributed by atoms with Crippen LogP contribution in [-0.2, 0) is 14.6 Å². The second-order valence-electron chi connectivity index (χ2n) is 4.95. The molecule has 2 rings (SSSR count). The van der Waals surface area contributed by atoms with Gasteiger partial charge in [0.25, 0.3) is 0 Å². The van der Waals surface area contributed by atoms with Gasteiger partial charge in [-0.05, 0) is 31.6 Å². The number of carbonyl (C=O) groups is 1. The maximum absolute atomic E-state index is 11.7. The molecule has 0 aliphatic heterocycles. The molecule has 3 nitrogen and oxygen atoms in total. The standard InChI is InChI=1S/C11H18O3S/c12-11(10-5-6-10)8-15(13,14)7-9-3-1-2-4-9/h9-10H,1-8H2. The lowest BCUT2D eigenvalue weighted by Crippen LogP contribution is -2.23. The van der Waals surface area contributed by atoms with E-state index in [2.05, 4.69) is 0 Å². The number of hydrogen-bond donors (Lipinski definition) is 0. The van der Waals surface area contributed by atoms with Crippen LogP contribution in [0.4, 0.5) is 0 Å². The van der Waals surface area contributed by atoms with E-state index in [-0.39, 0.29) is 23.2 Å². The van der Waals surface area contributed by atoms with Crippen LogP contribution in [-0.4, -0.2) is 25.7 Å². The Labute approximate surface area is 91.2 Å². The van der Waals surface area contributed by atoms with Crippen molar-refractivity contribution in [2.45, 2.75) is 38.5 Å². The third-order valence-electron chi connectivity index (χ3n) is 3.36. The fourth-order valence-electron chi connectivity index (χ4n) is 2.33. The van der Waals surface area contributed by atoms with Crippen molar-refractivity contribution in [2.24, 2.45) is 11.8 Å². The first-order chi connectivity index (χ1) is 7.07. The molecule has 0 radical (unpaired) electrons. The molecule has 0 N–H and O–H groups in total. The zero-order valence-corrected chi connectivity index (χ0v) is 9.76. The van der Waals surface area contributed by atoms with Crippen molar-refractivity contribution in [2.75, 3.05) is 11.5 Å². The van der Waals surface area contributed by atoms with Crippen LogP contribution in [0.2, 0.25) is 0 Å². The third kappa shape index (κ3) is 3.30. The van der Waals surface area contributed by atoms with E-state index < -0.39 is 9.84 Å². The average Bonchev–Trinajstić information content (AvgIpc) is 2.86. The molecule has 0 spiro atoms. The van der Waals surface area contributed by atoms with Crippen LogP contribution in [0.5, 0.6) is 0 Å². The summed E-state index contributed by atoms with van der Waals surface area (Å²) in [5, 5.41) is 0. The van der Waals surface area contributed by atoms with Gasteiger partial charge in [-0.2, -0.15) is 0 Å². The zero-order valence-electron chi connectivity index (χ0n) is 8.94. The summed E-state index contributed by atoms with van der Waals surface area (Å²) < 4.78 is 23.4. The van der Waals surface area contributed by atoms with Crippen molar-refractivity contribution in [1.82, 2.24) is 0 Å². The van der Waals surface area contributed by atoms with Crippen LogP contribution < -0.4 is 0 Å². The molecule has 0 aromatic rings. The molecule has 0 unspecified atom stereocenters. The molecular weight excluding hydrogens is 212 g/mol. The van der Waals surface area contributed by atoms with Gasteiger partial charge in [-0.3, -0.25) is 4.79 Å². The first kappa shape index (κ1) is 11.1. The van der Waals surface area contributed by atoms with Gasteiger partial charge in [0.2, 0.25) is 0 Å². The van der Waals surface area contributed by atoms with Crippen molar-refractivity contribution < 1.29 is 13.2 Å². The quantitative estimate of drug-likeness (QED) is 0.720. The topological polar surface area (TPSA) is 51.2 Å². The molecule has 15 heavy (non-hydrogen) atoms. The van der Waals surface area contributed by atoms with E-state index in [4.69, 9.17) is 0 Å². The van der Waals surface area contributed by atoms with Gasteiger partial charge < -0.3 is 0 Å². The minimum Gasteiger partial charge on any atom is -0.298 e. The SMILES string of the molecule is O=C(CS(=O)(=O)CC1CCCC1)C1CC1. The molecule has 0 amide bonds. The highest BCUT2D eigenvalue weighted by Gasteiger charge is 2.33. The van der Waals surface area contributed by atoms with Crippen molar-refractivity contribution in [1.29, 1.82) is 0 Å². The van der Waals surface area contributed by atoms with Crippen LogP contribution in [0.15, 0.2) is 0 Å². The van der Waals surface area contributed by atoms with Crippen LogP contribution in [0, 0.1) is 11.8 Å². The Hall–Kier alpha value is -0.380. The van der Waals surface area contributed by atoms with E-state index in [0.29, 0.717) is 5.92 Å². The molecular formula is C11H18O3S. The number of carbonyl (C=O) groups excluding carboxylic acids is 1. The van der Waals surface area contributed by atoms with Gasteiger partial charge in [0.1, 0.15) is 5.75 Å². The smallest absolute Gasteiger partial charge is 0.157 e. The van der Waals surface area contributed by atoms with Crippen LogP contribution in [0.1, 0.15) is 38.5 Å². The number of rotatable bonds is 5. The van der Waals surface area contributed by atoms with Crippen LogP contribution >= 0.6 is 0 Å². The number of Topliss-reactive ketones (excluding diaryl/α,β-unsaturated/α-hetero) is 1. The molecule has 2 aliphatic carbocycles. The van der Waals surface area contributed by atoms with Crippen molar-refractivity contribution in [3.8, 4) is 0 Å². The van der Waals surface area contributed by atoms with E-state index in [1.165, 1.54) is 0 Å². The molecule has 4 heteroatoms. The lowest BCUT2D eigenvalue weighted by Gasteiger charge is -2.08. The molecule has 0 atom stereocenters. The third-order valence-corrected chi connectivity index (χ3v) is 5.06. The molecule has 0 saturated heterocycles. The van der Waals surface area contributed by atoms with E-state index in [0.717, 1.165) is 38.5 Å². The average molecular weight is 230 g/mol. The Morgan fingerprint density at radius 3 is 2.20 bits per heavy atom. The molecule has 0 bridgehead atoms. The monoisotopic (exact) mass is 230 g/mol. The van der Waals surface area contributed by atoms with Crippen molar-refractivity contribution in [3.63, 3.8) is 0 Å². The van der Waals surface area contributed by atoms with Gasteiger partial charge >= 0.3 is 0 Å². The largest absolute Gasteiger partial charge is 0.298 e. The summed E-state index contributed by atoms with van der Waals surface area (Å²) in [4.78, 5) is 11.4. The predicted octanol–water partition coefficient (Wildman–Crippen LogP) is 1.57. The molecule has 0 heterocycles. The predicted molar refractivity (Wildman–Crippen MR) is 58.3 cm³/mol. The Morgan fingerprint density at radius 1 is 1.07 bits per heavy atom. The molecule has 86 valence electrons. The van der Waals surface area contributed by atoms with Crippen molar-refractivity contribution in [3.05, 3.63) is 0 Å². The minimum atomic E-state index is -3.12. The van der Waals surface area contributed by atoms with Gasteiger partial charge in [-0.25, -0.2) is 8.42 Å². The number of ketones is 1. The number of hydrogen-bond acceptors (Lipinski definition) is 3. The second kappa shape index (κ2) is 4.24. The minimum absolute atomic E-state index is 0.0482. The fourth-order valence-corrected chi connectivity index (χ4v) is 4.17. The molecule has 0 aromatic heterocycles. The fraction of sp³-hybridized carbons (Fsp3) is 0.909. The summed E-state index contributed by atoms with van der Waals surface area (Å²) in [5.41, 5.74) is 0. The maximum atomic E-state index is 11.7. The first-order valence-corrected chi connectivity index (χ1v) is 7.62. The molecule has 2 aliphatic rings. The summed E-state index contributed by atoms with van der Waals surface area (Å²) in [7, 11) is -3.12. The van der Waals surface area contributed by atoms with Gasteiger partial charge in [0, 0.05) is 5.92 Å². The van der Waals surface area contributed by atoms with Crippen LogP contribution in [0.25, 0.3) is 0 Å². The van der Waals surface area contributed by atoms with Gasteiger partial charge in [0.05, 0.1) is 5.75 Å². The van der Waals surface area contributed by atoms with E-state index >= 15 is 0 Å². The Bertz CT molecular complexity index is 335. The molecule has 2 saturated carbocycles. The second-order valence-corrected chi connectivity index (χ2v) is 7.05. The number of sulfone groups is 1. The van der Waals surface area contributed by atoms with Gasteiger partial charge in [-0.15, -0.1) is 0 Å². The van der Waals surface area contributed by atoms with Crippen LogP contribution in [0.3, 0.4) is 0 Å². The molecule has 2 fully saturated rings. The Kier molecular flexibility index (Phi) is 3.14. The summed E-state index contributed by atoms with van der Waals surface area (Å²) in [6.07, 6.45) is 6.15. The van der Waals surface area contributed by atoms with Gasteiger partial charge in [0.15, 0.2) is 15.6 Å². The Morgan fingerprint density at radius 2 is 1.67 bits per heavy atom. The molecule has 0 aromatic carbocycles. The van der Waals surface area contributed by atoms with Crippen molar-refractivity contribution >= 4 is 15.6 Å². The maximum Gasteiger partial charge on any atom is 0.157 e. The summed E-state index contributed by atoms with van der Waals surface area (Å²) in [5.74, 6) is 0.387. The lowest BCUT2D eigenvalue weighted by molar-refractivity contribution is -0.117. The Balaban J connectivity index is 1.85. The van der Waals surface area contributed by atoms with E-state index in [9.17, 15) is 13.2 Å². The highest BCUT2D eigenvalue weighted by molar-refractivity contribution is 7.92. The summed E-state index contributed by atoms with van der Waals surface area (Å²) >= 11 is 0. The zero-order chi connectivity index (χ0) is 10.9. The van der Waals surface area contributed by atoms with E-state index in [1.807, 2.05) is 0 Å².